The van der Waals surface area contributed by atoms with Crippen molar-refractivity contribution in [2.75, 3.05) is 6.61 Å². The maximum absolute atomic E-state index is 9.04. The van der Waals surface area contributed by atoms with Crippen molar-refractivity contribution in [3.63, 3.8) is 0 Å². The van der Waals surface area contributed by atoms with Crippen molar-refractivity contribution < 1.29 is 5.11 Å². The van der Waals surface area contributed by atoms with Gasteiger partial charge in [-0.2, -0.15) is 0 Å². The molecule has 1 N–H and O–H groups in total. The highest BCUT2D eigenvalue weighted by Gasteiger charge is 2.32. The van der Waals surface area contributed by atoms with E-state index < -0.39 is 8.07 Å². The largest absolute Gasteiger partial charge is 0.392 e. The fourth-order valence-electron chi connectivity index (χ4n) is 0.849. The van der Waals surface area contributed by atoms with Crippen LogP contribution in [0.1, 0.15) is 20.8 Å². The van der Waals surface area contributed by atoms with Gasteiger partial charge < -0.3 is 5.11 Å². The van der Waals surface area contributed by atoms with Crippen LogP contribution in [0.2, 0.25) is 18.1 Å². The summed E-state index contributed by atoms with van der Waals surface area (Å²) in [5, 5.41) is 9.37. The molecule has 0 rings (SSSR count). The molecule has 0 atom stereocenters. The molecule has 0 saturated heterocycles. The quantitative estimate of drug-likeness (QED) is 0.545. The van der Waals surface area contributed by atoms with Gasteiger partial charge in [-0.3, -0.25) is 0 Å². The molecule has 0 aromatic carbocycles. The molecule has 13 heavy (non-hydrogen) atoms. The van der Waals surface area contributed by atoms with Gasteiger partial charge in [0.2, 0.25) is 0 Å². The molecule has 0 amide bonds. The highest BCUT2D eigenvalue weighted by molar-refractivity contribution is 6.84. The molecule has 0 spiro atoms. The first-order chi connectivity index (χ1) is 5.74. The van der Waals surface area contributed by atoms with E-state index in [1.165, 1.54) is 0 Å². The van der Waals surface area contributed by atoms with E-state index >= 15 is 0 Å². The van der Waals surface area contributed by atoms with E-state index in [9.17, 15) is 0 Å². The first kappa shape index (κ1) is 12.7. The summed E-state index contributed by atoms with van der Waals surface area (Å²) < 4.78 is 0. The highest BCUT2D eigenvalue weighted by Crippen LogP contribution is 2.37. The zero-order chi connectivity index (χ0) is 10.7. The average Bonchev–Trinajstić information content (AvgIpc) is 1.98. The summed E-state index contributed by atoms with van der Waals surface area (Å²) in [6.07, 6.45) is 1.75. The smallest absolute Gasteiger partial charge is 0.0774 e. The van der Waals surface area contributed by atoms with Gasteiger partial charge in [0.25, 0.3) is 0 Å². The van der Waals surface area contributed by atoms with Crippen LogP contribution >= 0.6 is 0 Å². The van der Waals surface area contributed by atoms with Crippen molar-refractivity contribution in [2.24, 2.45) is 0 Å². The Kier molecular flexibility index (Phi) is 4.13. The Morgan fingerprint density at radius 1 is 1.38 bits per heavy atom. The van der Waals surface area contributed by atoms with E-state index in [0.29, 0.717) is 5.04 Å². The fourth-order valence-corrected chi connectivity index (χ4v) is 2.42. The molecule has 0 aliphatic rings. The fraction of sp³-hybridized carbons (Fsp3) is 0.636. The van der Waals surface area contributed by atoms with E-state index in [1.807, 2.05) is 0 Å². The summed E-state index contributed by atoms with van der Waals surface area (Å²) in [6.45, 7) is 15.2. The van der Waals surface area contributed by atoms with E-state index in [2.05, 4.69) is 46.1 Å². The van der Waals surface area contributed by atoms with Gasteiger partial charge in [-0.05, 0) is 10.6 Å². The molecule has 0 bridgehead atoms. The predicted octanol–water partition coefficient (Wildman–Crippen LogP) is 3.14. The van der Waals surface area contributed by atoms with Crippen molar-refractivity contribution in [3.05, 3.63) is 23.9 Å². The second kappa shape index (κ2) is 4.25. The van der Waals surface area contributed by atoms with Crippen molar-refractivity contribution in [1.29, 1.82) is 0 Å². The van der Waals surface area contributed by atoms with Gasteiger partial charge in [-0.15, -0.1) is 0 Å². The Morgan fingerprint density at radius 3 is 2.08 bits per heavy atom. The summed E-state index contributed by atoms with van der Waals surface area (Å²) in [6, 6.07) is 0. The molecule has 0 heterocycles. The normalized spacial score (nSPS) is 14.5. The van der Waals surface area contributed by atoms with Crippen LogP contribution in [0.3, 0.4) is 0 Å². The van der Waals surface area contributed by atoms with Gasteiger partial charge in [-0.25, -0.2) is 0 Å². The number of rotatable bonds is 3. The second-order valence-electron chi connectivity index (χ2n) is 5.05. The monoisotopic (exact) mass is 198 g/mol. The van der Waals surface area contributed by atoms with Gasteiger partial charge in [0.05, 0.1) is 14.7 Å². The molecule has 0 aromatic rings. The van der Waals surface area contributed by atoms with Crippen LogP contribution in [0.25, 0.3) is 0 Å². The molecule has 2 heteroatoms. The molecule has 0 aliphatic carbocycles. The van der Waals surface area contributed by atoms with Crippen LogP contribution in [0.5, 0.6) is 0 Å². The topological polar surface area (TPSA) is 20.2 Å². The second-order valence-corrected chi connectivity index (χ2v) is 10.3. The van der Waals surface area contributed by atoms with Crippen LogP contribution in [-0.2, 0) is 0 Å². The summed E-state index contributed by atoms with van der Waals surface area (Å²) in [5.74, 6) is 0. The van der Waals surface area contributed by atoms with Crippen LogP contribution in [0.15, 0.2) is 23.9 Å². The van der Waals surface area contributed by atoms with Crippen molar-refractivity contribution >= 4 is 8.07 Å². The molecular weight excluding hydrogens is 176 g/mol. The third-order valence-corrected chi connectivity index (χ3v) is 7.88. The average molecular weight is 198 g/mol. The Balaban J connectivity index is 4.85. The number of hydrogen-bond donors (Lipinski definition) is 1. The molecule has 0 unspecified atom stereocenters. The third-order valence-electron chi connectivity index (χ3n) is 2.92. The predicted molar refractivity (Wildman–Crippen MR) is 62.6 cm³/mol. The number of aliphatic hydroxyl groups excluding tert-OH is 1. The molecule has 1 nitrogen and oxygen atoms in total. The van der Waals surface area contributed by atoms with E-state index in [0.717, 1.165) is 5.57 Å². The third kappa shape index (κ3) is 3.49. The van der Waals surface area contributed by atoms with Gasteiger partial charge in [-0.1, -0.05) is 52.2 Å². The van der Waals surface area contributed by atoms with Gasteiger partial charge in [0, 0.05) is 0 Å². The lowest BCUT2D eigenvalue weighted by Crippen LogP contribution is -2.35. The molecule has 76 valence electrons. The summed E-state index contributed by atoms with van der Waals surface area (Å²) in [7, 11) is -1.40. The lowest BCUT2D eigenvalue weighted by atomic mass is 10.2. The Bertz CT molecular complexity index is 209. The van der Waals surface area contributed by atoms with Crippen LogP contribution in [-0.4, -0.2) is 19.8 Å². The first-order valence-electron chi connectivity index (χ1n) is 4.69. The zero-order valence-corrected chi connectivity index (χ0v) is 10.5. The minimum absolute atomic E-state index is 0.107. The van der Waals surface area contributed by atoms with Gasteiger partial charge >= 0.3 is 0 Å². The Morgan fingerprint density at radius 2 is 1.85 bits per heavy atom. The minimum atomic E-state index is -1.40. The maximum atomic E-state index is 9.04. The van der Waals surface area contributed by atoms with Crippen molar-refractivity contribution in [1.82, 2.24) is 0 Å². The lowest BCUT2D eigenvalue weighted by molar-refractivity contribution is 0.335. The number of hydrogen-bond acceptors (Lipinski definition) is 1. The lowest BCUT2D eigenvalue weighted by Gasteiger charge is -2.34. The highest BCUT2D eigenvalue weighted by atomic mass is 28.3. The van der Waals surface area contributed by atoms with Crippen LogP contribution < -0.4 is 0 Å². The SMILES string of the molecule is C=C/C(=C\[Si](C)(C)C(C)(C)C)CO. The molecular formula is C11H22OSi. The summed E-state index contributed by atoms with van der Waals surface area (Å²) in [5.41, 5.74) is 3.20. The van der Waals surface area contributed by atoms with E-state index in [-0.39, 0.29) is 6.61 Å². The molecule has 0 fully saturated rings. The van der Waals surface area contributed by atoms with E-state index in [4.69, 9.17) is 5.11 Å². The summed E-state index contributed by atoms with van der Waals surface area (Å²) in [4.78, 5) is 0. The Hall–Kier alpha value is -0.343. The Labute approximate surface area is 83.2 Å². The molecule has 0 aliphatic heterocycles. The van der Waals surface area contributed by atoms with Crippen LogP contribution in [0, 0.1) is 0 Å². The first-order valence-corrected chi connectivity index (χ1v) is 7.77. The minimum Gasteiger partial charge on any atom is -0.392 e. The van der Waals surface area contributed by atoms with Crippen molar-refractivity contribution in [3.8, 4) is 0 Å². The van der Waals surface area contributed by atoms with E-state index in [1.54, 1.807) is 6.08 Å². The maximum Gasteiger partial charge on any atom is 0.0774 e. The molecule has 0 aromatic heterocycles. The standard InChI is InChI=1S/C11H22OSi/c1-7-10(8-12)9-13(5,6)11(2,3)4/h7,9,12H,1,8H2,2-6H3/b10-9+. The summed E-state index contributed by atoms with van der Waals surface area (Å²) >= 11 is 0. The van der Waals surface area contributed by atoms with Crippen molar-refractivity contribution in [2.45, 2.75) is 38.9 Å². The zero-order valence-electron chi connectivity index (χ0n) is 9.52. The van der Waals surface area contributed by atoms with Crippen LogP contribution in [0.4, 0.5) is 0 Å². The van der Waals surface area contributed by atoms with Gasteiger partial charge in [0.1, 0.15) is 0 Å². The van der Waals surface area contributed by atoms with Gasteiger partial charge in [0.15, 0.2) is 0 Å². The number of aliphatic hydroxyl groups is 1. The molecule has 0 saturated carbocycles. The molecule has 0 radical (unpaired) electrons.